The monoisotopic (exact) mass is 1020 g/mol. The number of rotatable bonds is 12. The number of hydrogen-bond acceptors (Lipinski definition) is 17. The highest BCUT2D eigenvalue weighted by molar-refractivity contribution is 7.84. The van der Waals surface area contributed by atoms with Crippen molar-refractivity contribution in [2.45, 2.75) is 154 Å². The minimum absolute atomic E-state index is 0.00315. The van der Waals surface area contributed by atoms with E-state index in [1.165, 1.54) is 38.7 Å². The molecule has 0 saturated heterocycles. The molecule has 1 atom stereocenters. The van der Waals surface area contributed by atoms with Gasteiger partial charge in [0.1, 0.15) is 46.0 Å². The summed E-state index contributed by atoms with van der Waals surface area (Å²) in [5.41, 5.74) is 17.5. The Bertz CT molecular complexity index is 2580. The minimum Gasteiger partial charge on any atom is -0.496 e. The number of carbonyl (C=O) groups is 4. The quantitative estimate of drug-likeness (QED) is 0.0587. The molecule has 0 spiro atoms. The number of nitrogen functional groups attached to an aromatic ring is 2. The number of ether oxygens (including phenoxy) is 4. The molecule has 2 saturated carbocycles. The first kappa shape index (κ1) is 58.0. The normalized spacial score (nSPS) is 18.1. The van der Waals surface area contributed by atoms with Crippen LogP contribution in [0.3, 0.4) is 0 Å². The van der Waals surface area contributed by atoms with E-state index in [0.717, 1.165) is 63.5 Å². The number of hydrogen-bond donors (Lipinski definition) is 6. The zero-order valence-electron chi connectivity index (χ0n) is 43.0. The number of carbonyl (C=O) groups excluding carboxylic acids is 4. The summed E-state index contributed by atoms with van der Waals surface area (Å²) in [6.45, 7) is 15.9. The zero-order chi connectivity index (χ0) is 53.7. The number of methoxy groups -OCH3 is 2. The van der Waals surface area contributed by atoms with Crippen LogP contribution in [0.25, 0.3) is 0 Å². The second kappa shape index (κ2) is 25.7. The summed E-state index contributed by atoms with van der Waals surface area (Å²) in [5, 5.41) is 9.08. The van der Waals surface area contributed by atoms with Crippen molar-refractivity contribution in [3.8, 4) is 11.5 Å². The van der Waals surface area contributed by atoms with Crippen LogP contribution in [-0.2, 0) is 20.3 Å². The van der Waals surface area contributed by atoms with Crippen LogP contribution in [0, 0.1) is 25.5 Å². The fourth-order valence-electron chi connectivity index (χ4n) is 7.50. The third-order valence-electron chi connectivity index (χ3n) is 11.3. The number of anilines is 3. The van der Waals surface area contributed by atoms with Crippen molar-refractivity contribution >= 4 is 52.1 Å². The van der Waals surface area contributed by atoms with E-state index in [2.05, 4.69) is 35.9 Å². The van der Waals surface area contributed by atoms with E-state index in [1.807, 2.05) is 41.5 Å². The van der Waals surface area contributed by atoms with Gasteiger partial charge in [0.2, 0.25) is 22.7 Å². The van der Waals surface area contributed by atoms with Gasteiger partial charge < -0.3 is 52.1 Å². The Hall–Kier alpha value is -6.55. The van der Waals surface area contributed by atoms with Gasteiger partial charge in [-0.1, -0.05) is 6.92 Å². The fourth-order valence-corrected chi connectivity index (χ4v) is 8.13. The van der Waals surface area contributed by atoms with Crippen molar-refractivity contribution in [1.29, 1.82) is 0 Å². The lowest BCUT2D eigenvalue weighted by Crippen LogP contribution is -2.42. The number of halogens is 2. The van der Waals surface area contributed by atoms with Gasteiger partial charge in [-0.15, -0.1) is 0 Å². The summed E-state index contributed by atoms with van der Waals surface area (Å²) >= 11 is 0. The molecule has 72 heavy (non-hydrogen) atoms. The molecule has 19 nitrogen and oxygen atoms in total. The highest BCUT2D eigenvalue weighted by Crippen LogP contribution is 2.29. The summed E-state index contributed by atoms with van der Waals surface area (Å²) in [4.78, 5) is 65.2. The number of amides is 2. The molecule has 2 heterocycles. The molecule has 0 bridgehead atoms. The molecule has 2 aromatic heterocycles. The van der Waals surface area contributed by atoms with E-state index in [1.54, 1.807) is 20.8 Å². The molecule has 1 unspecified atom stereocenters. The number of aryl methyl sites for hydroxylation is 2. The van der Waals surface area contributed by atoms with Crippen molar-refractivity contribution < 1.29 is 51.1 Å². The predicted molar refractivity (Wildman–Crippen MR) is 271 cm³/mol. The SMILES string of the molecule is CC(C)(C)OC(=O)NC1CCC(N)CC1.CCS(=O)c1ncc(C(=O)c2cc(F)c(C)cc2OC)c(N)n1.COc1cc(C)c(F)cc1C(=O)c1cnc(NC2CCC(NC(=O)OC(C)(C)C)CC2)nc1N. The summed E-state index contributed by atoms with van der Waals surface area (Å²) in [6, 6.07) is 5.80. The van der Waals surface area contributed by atoms with Crippen LogP contribution in [0.5, 0.6) is 11.5 Å². The molecule has 0 radical (unpaired) electrons. The molecule has 6 rings (SSSR count). The Morgan fingerprint density at radius 2 is 1.06 bits per heavy atom. The van der Waals surface area contributed by atoms with Crippen LogP contribution in [0.4, 0.5) is 36.0 Å². The Labute approximate surface area is 422 Å². The Balaban J connectivity index is 0.000000255. The largest absolute Gasteiger partial charge is 0.496 e. The molecule has 22 heteroatoms. The smallest absolute Gasteiger partial charge is 0.407 e. The summed E-state index contributed by atoms with van der Waals surface area (Å²) in [5.74, 6) is -1.12. The van der Waals surface area contributed by atoms with Gasteiger partial charge in [-0.25, -0.2) is 33.3 Å². The predicted octanol–water partition coefficient (Wildman–Crippen LogP) is 7.65. The number of nitrogens with two attached hydrogens (primary N) is 3. The molecule has 2 aliphatic rings. The lowest BCUT2D eigenvalue weighted by atomic mass is 9.91. The second-order valence-electron chi connectivity index (χ2n) is 19.4. The molecule has 2 aromatic carbocycles. The van der Waals surface area contributed by atoms with Crippen molar-refractivity contribution in [3.05, 3.63) is 81.7 Å². The molecular formula is C50H70F2N10O9S. The van der Waals surface area contributed by atoms with Gasteiger partial charge in [-0.2, -0.15) is 4.98 Å². The Morgan fingerprint density at radius 1 is 0.653 bits per heavy atom. The van der Waals surface area contributed by atoms with Gasteiger partial charge in [-0.05, 0) is 142 Å². The lowest BCUT2D eigenvalue weighted by Gasteiger charge is -2.30. The summed E-state index contributed by atoms with van der Waals surface area (Å²) < 4.78 is 60.4. The highest BCUT2D eigenvalue weighted by atomic mass is 32.2. The first-order chi connectivity index (χ1) is 33.7. The molecule has 9 N–H and O–H groups in total. The van der Waals surface area contributed by atoms with Gasteiger partial charge in [0.25, 0.3) is 0 Å². The number of nitrogens with zero attached hydrogens (tertiary/aromatic N) is 4. The first-order valence-corrected chi connectivity index (χ1v) is 25.0. The zero-order valence-corrected chi connectivity index (χ0v) is 43.8. The molecule has 0 aliphatic heterocycles. The van der Waals surface area contributed by atoms with Crippen LogP contribution in [-0.4, -0.2) is 103 Å². The van der Waals surface area contributed by atoms with Gasteiger partial charge >= 0.3 is 12.2 Å². The van der Waals surface area contributed by atoms with Crippen LogP contribution in [0.15, 0.2) is 41.8 Å². The third kappa shape index (κ3) is 17.3. The number of aromatic nitrogens is 4. The van der Waals surface area contributed by atoms with E-state index >= 15 is 0 Å². The summed E-state index contributed by atoms with van der Waals surface area (Å²) in [6.07, 6.45) is 8.85. The number of alkyl carbamates (subject to hydrolysis) is 2. The van der Waals surface area contributed by atoms with Gasteiger partial charge in [-0.3, -0.25) is 13.8 Å². The van der Waals surface area contributed by atoms with E-state index in [9.17, 15) is 32.2 Å². The molecule has 2 aliphatic carbocycles. The summed E-state index contributed by atoms with van der Waals surface area (Å²) in [7, 11) is 1.42. The fraction of sp³-hybridized carbons (Fsp3) is 0.520. The Kier molecular flexibility index (Phi) is 20.7. The molecule has 394 valence electrons. The van der Waals surface area contributed by atoms with Crippen molar-refractivity contribution in [2.75, 3.05) is 36.8 Å². The minimum atomic E-state index is -1.38. The standard InChI is InChI=1S/C24H32FN5O4.C15H16FN3O3S.C11H22N2O2/c1-13-10-19(33-5)16(11-18(13)25)20(31)17-12-27-22(30-21(17)26)28-14-6-8-15(9-7-14)29-23(32)34-24(2,3)4;1-4-23(21)15-18-7-10(14(17)19-15)13(20)9-6-11(16)8(2)5-12(9)22-3;1-11(2,3)15-10(14)13-9-6-4-8(12)5-7-9/h10-12,14-15H,6-9H2,1-5H3,(H,29,32)(H3,26,27,28,30);5-7H,4H2,1-3H3,(H2,17,18,19);8-9H,4-7,12H2,1-3H3,(H,13,14). The molecule has 2 fully saturated rings. The van der Waals surface area contributed by atoms with Gasteiger partial charge in [0, 0.05) is 42.3 Å². The van der Waals surface area contributed by atoms with Crippen LogP contribution in [0.2, 0.25) is 0 Å². The van der Waals surface area contributed by atoms with Crippen molar-refractivity contribution in [2.24, 2.45) is 5.73 Å². The molecule has 4 aromatic rings. The average Bonchev–Trinajstić information content (AvgIpc) is 3.30. The number of benzene rings is 2. The van der Waals surface area contributed by atoms with Crippen molar-refractivity contribution in [3.63, 3.8) is 0 Å². The third-order valence-corrected chi connectivity index (χ3v) is 12.4. The number of ketones is 2. The van der Waals surface area contributed by atoms with Crippen LogP contribution < -0.4 is 42.6 Å². The average molecular weight is 1030 g/mol. The number of nitrogens with one attached hydrogen (secondary N) is 3. The second-order valence-corrected chi connectivity index (χ2v) is 21.1. The van der Waals surface area contributed by atoms with Crippen LogP contribution >= 0.6 is 0 Å². The van der Waals surface area contributed by atoms with Gasteiger partial charge in [0.15, 0.2) is 0 Å². The van der Waals surface area contributed by atoms with Gasteiger partial charge in [0.05, 0.1) is 47.3 Å². The maximum Gasteiger partial charge on any atom is 0.407 e. The van der Waals surface area contributed by atoms with E-state index in [-0.39, 0.29) is 74.8 Å². The maximum absolute atomic E-state index is 14.1. The molecule has 2 amide bonds. The van der Waals surface area contributed by atoms with E-state index in [0.29, 0.717) is 28.9 Å². The van der Waals surface area contributed by atoms with E-state index in [4.69, 9.17) is 36.1 Å². The van der Waals surface area contributed by atoms with Crippen molar-refractivity contribution in [1.82, 2.24) is 30.6 Å². The lowest BCUT2D eigenvalue weighted by molar-refractivity contribution is 0.0480. The molecular weight excluding hydrogens is 955 g/mol. The maximum atomic E-state index is 14.1. The first-order valence-electron chi connectivity index (χ1n) is 23.6. The van der Waals surface area contributed by atoms with E-state index < -0.39 is 51.3 Å². The Morgan fingerprint density at radius 3 is 1.44 bits per heavy atom. The highest BCUT2D eigenvalue weighted by Gasteiger charge is 2.28. The topological polar surface area (TPSA) is 288 Å². The van der Waals surface area contributed by atoms with Crippen LogP contribution in [0.1, 0.15) is 143 Å².